The number of thiophene rings is 1. The largest absolute Gasteiger partial charge is 0.447 e. The Morgan fingerprint density at radius 1 is 0.487 bits per heavy atom. The SMILES string of the molecule is CCCCCCCCCCCCc1cc2c(cc1CCCCCCCCCCCC)Oc1c(Br)sc(Br)c1O2. The van der Waals surface area contributed by atoms with E-state index in [4.69, 9.17) is 9.47 Å². The van der Waals surface area contributed by atoms with Crippen LogP contribution in [0.4, 0.5) is 0 Å². The van der Waals surface area contributed by atoms with Crippen LogP contribution in [0.15, 0.2) is 19.7 Å². The summed E-state index contributed by atoms with van der Waals surface area (Å²) in [6.07, 6.45) is 29.8. The Kier molecular flexibility index (Phi) is 16.6. The van der Waals surface area contributed by atoms with E-state index in [0.717, 1.165) is 43.4 Å². The first-order chi connectivity index (χ1) is 19.1. The van der Waals surface area contributed by atoms with Crippen molar-refractivity contribution in [2.45, 2.75) is 155 Å². The average Bonchev–Trinajstić information content (AvgIpc) is 3.21. The third-order valence-corrected chi connectivity index (χ3v) is 10.5. The van der Waals surface area contributed by atoms with E-state index >= 15 is 0 Å². The van der Waals surface area contributed by atoms with Gasteiger partial charge in [0.1, 0.15) is 7.57 Å². The first-order valence-electron chi connectivity index (χ1n) is 16.1. The van der Waals surface area contributed by atoms with Crippen molar-refractivity contribution < 1.29 is 9.47 Å². The van der Waals surface area contributed by atoms with Gasteiger partial charge in [-0.25, -0.2) is 0 Å². The zero-order valence-electron chi connectivity index (χ0n) is 24.7. The van der Waals surface area contributed by atoms with Crippen molar-refractivity contribution in [2.24, 2.45) is 0 Å². The van der Waals surface area contributed by atoms with Gasteiger partial charge in [0.05, 0.1) is 0 Å². The number of aryl methyl sites for hydroxylation is 2. The predicted octanol–water partition coefficient (Wildman–Crippen LogP) is 14.1. The van der Waals surface area contributed by atoms with Gasteiger partial charge in [0.15, 0.2) is 23.0 Å². The smallest absolute Gasteiger partial charge is 0.196 e. The number of ether oxygens (including phenoxy) is 2. The zero-order chi connectivity index (χ0) is 27.7. The van der Waals surface area contributed by atoms with Crippen molar-refractivity contribution in [2.75, 3.05) is 0 Å². The molecule has 0 bridgehead atoms. The lowest BCUT2D eigenvalue weighted by atomic mass is 9.95. The molecular formula is C34H52Br2O2S. The van der Waals surface area contributed by atoms with Crippen LogP contribution in [-0.4, -0.2) is 0 Å². The van der Waals surface area contributed by atoms with Gasteiger partial charge in [-0.3, -0.25) is 0 Å². The normalized spacial score (nSPS) is 12.2. The summed E-state index contributed by atoms with van der Waals surface area (Å²) in [6.45, 7) is 4.59. The molecule has 0 radical (unpaired) electrons. The molecule has 0 spiro atoms. The lowest BCUT2D eigenvalue weighted by molar-refractivity contribution is 0.358. The number of benzene rings is 1. The van der Waals surface area contributed by atoms with Crippen molar-refractivity contribution >= 4 is 43.2 Å². The third-order valence-electron chi connectivity index (χ3n) is 8.03. The maximum Gasteiger partial charge on any atom is 0.196 e. The van der Waals surface area contributed by atoms with Crippen LogP contribution in [0, 0.1) is 0 Å². The lowest BCUT2D eigenvalue weighted by Crippen LogP contribution is -2.03. The number of hydrogen-bond donors (Lipinski definition) is 0. The summed E-state index contributed by atoms with van der Waals surface area (Å²) < 4.78 is 14.6. The molecule has 1 aliphatic heterocycles. The van der Waals surface area contributed by atoms with Gasteiger partial charge in [0, 0.05) is 0 Å². The van der Waals surface area contributed by atoms with E-state index in [1.54, 1.807) is 11.3 Å². The highest BCUT2D eigenvalue weighted by Crippen LogP contribution is 2.56. The van der Waals surface area contributed by atoms with E-state index in [9.17, 15) is 0 Å². The first-order valence-corrected chi connectivity index (χ1v) is 18.5. The van der Waals surface area contributed by atoms with E-state index in [2.05, 4.69) is 57.8 Å². The van der Waals surface area contributed by atoms with E-state index in [0.29, 0.717) is 0 Å². The maximum absolute atomic E-state index is 6.34. The second kappa shape index (κ2) is 19.6. The van der Waals surface area contributed by atoms with Crippen LogP contribution >= 0.6 is 43.2 Å². The van der Waals surface area contributed by atoms with E-state index in [-0.39, 0.29) is 0 Å². The summed E-state index contributed by atoms with van der Waals surface area (Å²) in [5.74, 6) is 3.32. The lowest BCUT2D eigenvalue weighted by Gasteiger charge is -2.22. The van der Waals surface area contributed by atoms with Crippen molar-refractivity contribution in [3.8, 4) is 23.0 Å². The van der Waals surface area contributed by atoms with Crippen molar-refractivity contribution in [3.63, 3.8) is 0 Å². The fraction of sp³-hybridized carbons (Fsp3) is 0.706. The molecule has 3 rings (SSSR count). The van der Waals surface area contributed by atoms with E-state index in [1.165, 1.54) is 140 Å². The van der Waals surface area contributed by atoms with Gasteiger partial charge in [-0.2, -0.15) is 0 Å². The molecule has 0 saturated heterocycles. The van der Waals surface area contributed by atoms with Crippen molar-refractivity contribution in [1.29, 1.82) is 0 Å². The minimum atomic E-state index is 0.798. The second-order valence-corrected chi connectivity index (χ2v) is 15.1. The molecular weight excluding hydrogens is 632 g/mol. The van der Waals surface area contributed by atoms with Gasteiger partial charge < -0.3 is 9.47 Å². The van der Waals surface area contributed by atoms with E-state index < -0.39 is 0 Å². The molecule has 0 fully saturated rings. The quantitative estimate of drug-likeness (QED) is 0.0981. The van der Waals surface area contributed by atoms with Crippen LogP contribution in [0.25, 0.3) is 0 Å². The molecule has 1 aromatic heterocycles. The third kappa shape index (κ3) is 11.7. The fourth-order valence-electron chi connectivity index (χ4n) is 5.62. The van der Waals surface area contributed by atoms with Crippen LogP contribution in [0.2, 0.25) is 0 Å². The second-order valence-electron chi connectivity index (χ2n) is 11.4. The zero-order valence-corrected chi connectivity index (χ0v) is 28.7. The van der Waals surface area contributed by atoms with Crippen LogP contribution in [0.3, 0.4) is 0 Å². The van der Waals surface area contributed by atoms with Gasteiger partial charge in [0.25, 0.3) is 0 Å². The summed E-state index contributed by atoms with van der Waals surface area (Å²) in [7, 11) is 0. The molecule has 220 valence electrons. The minimum Gasteiger partial charge on any atom is -0.447 e. The molecule has 39 heavy (non-hydrogen) atoms. The summed E-state index contributed by atoms with van der Waals surface area (Å²) in [5, 5.41) is 0. The maximum atomic E-state index is 6.34. The number of unbranched alkanes of at least 4 members (excludes halogenated alkanes) is 18. The molecule has 0 unspecified atom stereocenters. The topological polar surface area (TPSA) is 18.5 Å². The van der Waals surface area contributed by atoms with E-state index in [1.807, 2.05) is 0 Å². The van der Waals surface area contributed by atoms with Gasteiger partial charge in [-0.1, -0.05) is 129 Å². The molecule has 0 saturated carbocycles. The summed E-state index contributed by atoms with van der Waals surface area (Å²) >= 11 is 8.88. The molecule has 0 atom stereocenters. The van der Waals surface area contributed by atoms with Crippen LogP contribution in [0.1, 0.15) is 153 Å². The predicted molar refractivity (Wildman–Crippen MR) is 177 cm³/mol. The monoisotopic (exact) mass is 682 g/mol. The molecule has 0 aliphatic carbocycles. The van der Waals surface area contributed by atoms with Gasteiger partial charge in [0.2, 0.25) is 0 Å². The summed E-state index contributed by atoms with van der Waals surface area (Å²) in [4.78, 5) is 0. The van der Waals surface area contributed by atoms with Crippen LogP contribution < -0.4 is 9.47 Å². The summed E-state index contributed by atoms with van der Waals surface area (Å²) in [5.41, 5.74) is 2.92. The van der Waals surface area contributed by atoms with Gasteiger partial charge >= 0.3 is 0 Å². The Bertz CT molecular complexity index is 882. The molecule has 0 N–H and O–H groups in total. The van der Waals surface area contributed by atoms with Gasteiger partial charge in [-0.05, 0) is 80.8 Å². The molecule has 1 aliphatic rings. The number of hydrogen-bond acceptors (Lipinski definition) is 3. The molecule has 5 heteroatoms. The average molecular weight is 685 g/mol. The highest BCUT2D eigenvalue weighted by atomic mass is 79.9. The van der Waals surface area contributed by atoms with Crippen LogP contribution in [0.5, 0.6) is 23.0 Å². The molecule has 0 amide bonds. The van der Waals surface area contributed by atoms with Gasteiger partial charge in [-0.15, -0.1) is 11.3 Å². The number of fused-ring (bicyclic) bond motifs is 2. The standard InChI is InChI=1S/C34H52Br2O2S/c1-3-5-7-9-11-13-15-17-19-21-23-27-25-29-30(38-32-31(37-29)33(35)39-34(32)36)26-28(27)24-22-20-18-16-14-12-10-8-6-4-2/h25-26H,3-24H2,1-2H3. The Morgan fingerprint density at radius 3 is 1.13 bits per heavy atom. The molecule has 2 heterocycles. The highest BCUT2D eigenvalue weighted by molar-refractivity contribution is 9.12. The molecule has 1 aromatic carbocycles. The Hall–Kier alpha value is -0.520. The Balaban J connectivity index is 1.47. The first kappa shape index (κ1) is 33.0. The molecule has 2 nitrogen and oxygen atoms in total. The molecule has 2 aromatic rings. The summed E-state index contributed by atoms with van der Waals surface area (Å²) in [6, 6.07) is 4.55. The van der Waals surface area contributed by atoms with Crippen molar-refractivity contribution in [1.82, 2.24) is 0 Å². The van der Waals surface area contributed by atoms with Crippen molar-refractivity contribution in [3.05, 3.63) is 30.8 Å². The fourth-order valence-corrected chi connectivity index (χ4v) is 8.37. The number of halogens is 2. The Morgan fingerprint density at radius 2 is 0.795 bits per heavy atom. The minimum absolute atomic E-state index is 0.798. The Labute approximate surface area is 260 Å². The number of rotatable bonds is 22. The highest BCUT2D eigenvalue weighted by Gasteiger charge is 2.27. The van der Waals surface area contributed by atoms with Crippen LogP contribution in [-0.2, 0) is 12.8 Å².